The van der Waals surface area contributed by atoms with Crippen molar-refractivity contribution < 1.29 is 9.53 Å². The summed E-state index contributed by atoms with van der Waals surface area (Å²) in [6.45, 7) is 2.25. The minimum Gasteiger partial charge on any atom is -0.457 e. The molecule has 5 rings (SSSR count). The molecule has 0 saturated heterocycles. The highest BCUT2D eigenvalue weighted by Gasteiger charge is 2.54. The molecule has 0 bridgehead atoms. The number of benzene rings is 2. The van der Waals surface area contributed by atoms with Crippen LogP contribution in [0.5, 0.6) is 11.5 Å². The van der Waals surface area contributed by atoms with E-state index in [1.54, 1.807) is 0 Å². The molecule has 0 unspecified atom stereocenters. The lowest BCUT2D eigenvalue weighted by atomic mass is 9.55. The van der Waals surface area contributed by atoms with Crippen LogP contribution in [0.4, 0.5) is 5.69 Å². The second kappa shape index (κ2) is 6.90. The SMILES string of the molecule is CN(C)c1ccc(Oc2ccc3c(c2)CC[C@@H]2[C@@H]3CC[C@@]3(C)C(=O)CC[C@@H]23)cc1. The quantitative estimate of drug-likeness (QED) is 0.648. The fraction of sp³-hybridized carbons (Fsp3) is 0.500. The summed E-state index contributed by atoms with van der Waals surface area (Å²) in [7, 11) is 4.09. The molecule has 0 spiro atoms. The summed E-state index contributed by atoms with van der Waals surface area (Å²) in [5.41, 5.74) is 4.09. The smallest absolute Gasteiger partial charge is 0.139 e. The second-order valence-electron chi connectivity index (χ2n) is 9.68. The lowest BCUT2D eigenvalue weighted by molar-refractivity contribution is -0.129. The van der Waals surface area contributed by atoms with Crippen molar-refractivity contribution >= 4 is 11.5 Å². The van der Waals surface area contributed by atoms with Crippen LogP contribution < -0.4 is 9.64 Å². The Bertz CT molecular complexity index is 932. The minimum absolute atomic E-state index is 0.0412. The molecule has 3 heteroatoms. The van der Waals surface area contributed by atoms with Gasteiger partial charge in [-0.3, -0.25) is 4.79 Å². The van der Waals surface area contributed by atoms with Crippen molar-refractivity contribution in [1.29, 1.82) is 0 Å². The molecule has 2 aromatic carbocycles. The molecule has 152 valence electrons. The Hall–Kier alpha value is -2.29. The van der Waals surface area contributed by atoms with Gasteiger partial charge in [-0.15, -0.1) is 0 Å². The molecule has 0 heterocycles. The lowest BCUT2D eigenvalue weighted by Crippen LogP contribution is -2.42. The number of carbonyl (C=O) groups is 1. The third-order valence-electron chi connectivity index (χ3n) is 8.00. The molecular formula is C26H31NO2. The number of carbonyl (C=O) groups excluding carboxylic acids is 1. The Morgan fingerprint density at radius 1 is 0.966 bits per heavy atom. The van der Waals surface area contributed by atoms with Crippen molar-refractivity contribution in [3.8, 4) is 11.5 Å². The average molecular weight is 390 g/mol. The molecule has 2 aromatic rings. The van der Waals surface area contributed by atoms with Gasteiger partial charge in [0.1, 0.15) is 17.3 Å². The number of Topliss-reactive ketones (excluding diaryl/α,β-unsaturated/α-hetero) is 1. The first-order valence-corrected chi connectivity index (χ1v) is 11.1. The Kier molecular flexibility index (Phi) is 4.45. The summed E-state index contributed by atoms with van der Waals surface area (Å²) >= 11 is 0. The van der Waals surface area contributed by atoms with Crippen molar-refractivity contribution in [2.45, 2.75) is 51.4 Å². The number of ketones is 1. The number of ether oxygens (including phenoxy) is 1. The maximum atomic E-state index is 12.5. The van der Waals surface area contributed by atoms with E-state index in [9.17, 15) is 4.79 Å². The van der Waals surface area contributed by atoms with E-state index in [1.807, 2.05) is 26.2 Å². The molecule has 3 aliphatic rings. The fourth-order valence-corrected chi connectivity index (χ4v) is 6.34. The van der Waals surface area contributed by atoms with Gasteiger partial charge < -0.3 is 9.64 Å². The standard InChI is InChI=1S/C26H31NO2/c1-26-15-14-22-21-11-9-20(29-19-7-5-18(6-8-19)27(2)3)16-17(21)4-10-23(22)24(26)12-13-25(26)28/h5-9,11,16,22-24H,4,10,12-15H2,1-3H3/t22-,23-,24+,26-/m1/s1. The summed E-state index contributed by atoms with van der Waals surface area (Å²) < 4.78 is 6.15. The summed E-state index contributed by atoms with van der Waals surface area (Å²) in [5.74, 6) is 4.22. The van der Waals surface area contributed by atoms with Gasteiger partial charge in [0.15, 0.2) is 0 Å². The molecule has 2 fully saturated rings. The number of fused-ring (bicyclic) bond motifs is 5. The zero-order valence-electron chi connectivity index (χ0n) is 17.8. The van der Waals surface area contributed by atoms with Crippen LogP contribution in [0, 0.1) is 17.3 Å². The first-order chi connectivity index (χ1) is 14.0. The normalized spacial score (nSPS) is 30.3. The minimum atomic E-state index is -0.0412. The van der Waals surface area contributed by atoms with E-state index in [0.29, 0.717) is 23.5 Å². The maximum absolute atomic E-state index is 12.5. The van der Waals surface area contributed by atoms with E-state index in [4.69, 9.17) is 4.74 Å². The highest BCUT2D eigenvalue weighted by Crippen LogP contribution is 2.59. The molecular weight excluding hydrogens is 358 g/mol. The zero-order valence-corrected chi connectivity index (χ0v) is 17.8. The van der Waals surface area contributed by atoms with E-state index in [1.165, 1.54) is 23.2 Å². The molecule has 0 aliphatic heterocycles. The largest absolute Gasteiger partial charge is 0.457 e. The van der Waals surface area contributed by atoms with Gasteiger partial charge >= 0.3 is 0 Å². The third-order valence-corrected chi connectivity index (χ3v) is 8.00. The van der Waals surface area contributed by atoms with Crippen LogP contribution in [0.15, 0.2) is 42.5 Å². The third kappa shape index (κ3) is 3.06. The highest BCUT2D eigenvalue weighted by molar-refractivity contribution is 5.87. The van der Waals surface area contributed by atoms with Gasteiger partial charge in [-0.2, -0.15) is 0 Å². The molecule has 0 amide bonds. The van der Waals surface area contributed by atoms with E-state index in [0.717, 1.165) is 43.6 Å². The molecule has 0 N–H and O–H groups in total. The highest BCUT2D eigenvalue weighted by atomic mass is 16.5. The van der Waals surface area contributed by atoms with Crippen LogP contribution in [0.2, 0.25) is 0 Å². The van der Waals surface area contributed by atoms with E-state index in [-0.39, 0.29) is 5.41 Å². The summed E-state index contributed by atoms with van der Waals surface area (Å²) in [6.07, 6.45) is 6.45. The molecule has 0 radical (unpaired) electrons. The van der Waals surface area contributed by atoms with Crippen LogP contribution in [-0.4, -0.2) is 19.9 Å². The Morgan fingerprint density at radius 2 is 1.72 bits per heavy atom. The van der Waals surface area contributed by atoms with Crippen molar-refractivity contribution in [3.63, 3.8) is 0 Å². The second-order valence-corrected chi connectivity index (χ2v) is 9.68. The summed E-state index contributed by atoms with van der Waals surface area (Å²) in [5, 5.41) is 0. The van der Waals surface area contributed by atoms with Gasteiger partial charge in [0, 0.05) is 31.6 Å². The van der Waals surface area contributed by atoms with Crippen LogP contribution in [0.1, 0.15) is 56.1 Å². The van der Waals surface area contributed by atoms with Crippen molar-refractivity contribution in [2.24, 2.45) is 17.3 Å². The van der Waals surface area contributed by atoms with Crippen molar-refractivity contribution in [2.75, 3.05) is 19.0 Å². The van der Waals surface area contributed by atoms with Crippen LogP contribution in [0.25, 0.3) is 0 Å². The first-order valence-electron chi connectivity index (χ1n) is 11.1. The molecule has 3 aliphatic carbocycles. The topological polar surface area (TPSA) is 29.5 Å². The predicted molar refractivity (Wildman–Crippen MR) is 117 cm³/mol. The van der Waals surface area contributed by atoms with Gasteiger partial charge in [0.25, 0.3) is 0 Å². The van der Waals surface area contributed by atoms with Crippen molar-refractivity contribution in [1.82, 2.24) is 0 Å². The van der Waals surface area contributed by atoms with Crippen LogP contribution >= 0.6 is 0 Å². The van der Waals surface area contributed by atoms with Gasteiger partial charge in [0.2, 0.25) is 0 Å². The fourth-order valence-electron chi connectivity index (χ4n) is 6.34. The number of rotatable bonds is 3. The maximum Gasteiger partial charge on any atom is 0.139 e. The molecule has 29 heavy (non-hydrogen) atoms. The van der Waals surface area contributed by atoms with Crippen LogP contribution in [-0.2, 0) is 11.2 Å². The summed E-state index contributed by atoms with van der Waals surface area (Å²) in [4.78, 5) is 14.6. The molecule has 0 aromatic heterocycles. The van der Waals surface area contributed by atoms with Gasteiger partial charge in [-0.25, -0.2) is 0 Å². The van der Waals surface area contributed by atoms with E-state index in [2.05, 4.69) is 42.2 Å². The predicted octanol–water partition coefficient (Wildman–Crippen LogP) is 5.97. The number of nitrogens with zero attached hydrogens (tertiary/aromatic N) is 1. The number of aryl methyl sites for hydroxylation is 1. The van der Waals surface area contributed by atoms with E-state index >= 15 is 0 Å². The van der Waals surface area contributed by atoms with Crippen molar-refractivity contribution in [3.05, 3.63) is 53.6 Å². The number of anilines is 1. The van der Waals surface area contributed by atoms with Gasteiger partial charge in [-0.1, -0.05) is 13.0 Å². The van der Waals surface area contributed by atoms with Gasteiger partial charge in [0.05, 0.1) is 0 Å². The van der Waals surface area contributed by atoms with Crippen LogP contribution in [0.3, 0.4) is 0 Å². The number of hydrogen-bond acceptors (Lipinski definition) is 3. The molecule has 2 saturated carbocycles. The Balaban J connectivity index is 1.36. The monoisotopic (exact) mass is 389 g/mol. The summed E-state index contributed by atoms with van der Waals surface area (Å²) in [6, 6.07) is 14.9. The van der Waals surface area contributed by atoms with E-state index < -0.39 is 0 Å². The Morgan fingerprint density at radius 3 is 2.48 bits per heavy atom. The average Bonchev–Trinajstić information content (AvgIpc) is 3.03. The number of hydrogen-bond donors (Lipinski definition) is 0. The zero-order chi connectivity index (χ0) is 20.2. The van der Waals surface area contributed by atoms with Gasteiger partial charge in [-0.05, 0) is 97.4 Å². The Labute approximate surface area is 174 Å². The lowest BCUT2D eigenvalue weighted by Gasteiger charge is -2.48. The molecule has 4 atom stereocenters. The first kappa shape index (κ1) is 18.7. The molecule has 3 nitrogen and oxygen atoms in total.